The van der Waals surface area contributed by atoms with Crippen LogP contribution in [0.1, 0.15) is 6.42 Å². The quantitative estimate of drug-likeness (QED) is 0.501. The van der Waals surface area contributed by atoms with Gasteiger partial charge >= 0.3 is 11.9 Å². The number of piperidine rings is 1. The zero-order valence-corrected chi connectivity index (χ0v) is 10.5. The number of carboxylic acid groups (broad SMARTS) is 1. The van der Waals surface area contributed by atoms with Gasteiger partial charge in [0.25, 0.3) is 0 Å². The highest BCUT2D eigenvalue weighted by molar-refractivity contribution is 5.73. The van der Waals surface area contributed by atoms with Gasteiger partial charge in [0.05, 0.1) is 26.2 Å². The molecule has 1 rings (SSSR count). The molecule has 3 N–H and O–H groups in total. The third-order valence-corrected chi connectivity index (χ3v) is 2.96. The van der Waals surface area contributed by atoms with Gasteiger partial charge in [-0.05, 0) is 6.42 Å². The van der Waals surface area contributed by atoms with Gasteiger partial charge in [0.1, 0.15) is 0 Å². The first kappa shape index (κ1) is 14.9. The molecule has 2 atom stereocenters. The first-order valence-corrected chi connectivity index (χ1v) is 5.93. The highest BCUT2D eigenvalue weighted by Crippen LogP contribution is 2.18. The maximum atomic E-state index is 11.5. The Labute approximate surface area is 106 Å². The Morgan fingerprint density at radius 3 is 2.72 bits per heavy atom. The van der Waals surface area contributed by atoms with Crippen molar-refractivity contribution < 1.29 is 24.5 Å². The largest absolute Gasteiger partial charge is 0.480 e. The average Bonchev–Trinajstić information content (AvgIpc) is 2.34. The minimum absolute atomic E-state index is 0.00523. The molecule has 2 unspecified atom stereocenters. The van der Waals surface area contributed by atoms with Crippen molar-refractivity contribution in [2.24, 2.45) is 5.92 Å². The summed E-state index contributed by atoms with van der Waals surface area (Å²) in [4.78, 5) is 24.0. The lowest BCUT2D eigenvalue weighted by atomic mass is 9.94. The van der Waals surface area contributed by atoms with Gasteiger partial charge in [-0.3, -0.25) is 14.5 Å². The molecule has 0 saturated carbocycles. The van der Waals surface area contributed by atoms with Crippen LogP contribution in [0, 0.1) is 5.92 Å². The Kier molecular flexibility index (Phi) is 6.03. The number of aliphatic hydroxyl groups is 1. The zero-order valence-electron chi connectivity index (χ0n) is 10.5. The van der Waals surface area contributed by atoms with Crippen molar-refractivity contribution in [2.45, 2.75) is 12.5 Å². The number of nitrogens with zero attached hydrogens (tertiary/aromatic N) is 1. The van der Waals surface area contributed by atoms with Crippen molar-refractivity contribution in [3.8, 4) is 0 Å². The molecular weight excluding hydrogens is 240 g/mol. The van der Waals surface area contributed by atoms with Crippen LogP contribution in [-0.2, 0) is 14.3 Å². The number of hydrogen-bond acceptors (Lipinski definition) is 6. The van der Waals surface area contributed by atoms with Crippen LogP contribution in [-0.4, -0.2) is 73.0 Å². The predicted octanol–water partition coefficient (Wildman–Crippen LogP) is -1.48. The topological polar surface area (TPSA) is 99.1 Å². The molecule has 0 aromatic heterocycles. The van der Waals surface area contributed by atoms with E-state index < -0.39 is 5.97 Å². The molecule has 0 aromatic rings. The van der Waals surface area contributed by atoms with Gasteiger partial charge in [0, 0.05) is 25.7 Å². The number of likely N-dealkylation sites (tertiary alicyclic amines) is 1. The first-order valence-electron chi connectivity index (χ1n) is 5.93. The Morgan fingerprint density at radius 1 is 1.44 bits per heavy atom. The second-order valence-electron chi connectivity index (χ2n) is 4.42. The summed E-state index contributed by atoms with van der Waals surface area (Å²) < 4.78 is 4.71. The minimum Gasteiger partial charge on any atom is -0.480 e. The van der Waals surface area contributed by atoms with Crippen molar-refractivity contribution >= 4 is 11.9 Å². The third-order valence-electron chi connectivity index (χ3n) is 2.96. The second kappa shape index (κ2) is 7.30. The fraction of sp³-hybridized carbons (Fsp3) is 0.818. The van der Waals surface area contributed by atoms with E-state index >= 15 is 0 Å². The van der Waals surface area contributed by atoms with E-state index in [4.69, 9.17) is 14.9 Å². The average molecular weight is 260 g/mol. The van der Waals surface area contributed by atoms with E-state index in [0.717, 1.165) is 0 Å². The molecule has 7 heteroatoms. The van der Waals surface area contributed by atoms with Crippen molar-refractivity contribution in [3.63, 3.8) is 0 Å². The summed E-state index contributed by atoms with van der Waals surface area (Å²) in [5.74, 6) is -1.55. The van der Waals surface area contributed by atoms with Crippen molar-refractivity contribution in [1.29, 1.82) is 0 Å². The lowest BCUT2D eigenvalue weighted by Crippen LogP contribution is -2.52. The van der Waals surface area contributed by atoms with Crippen LogP contribution >= 0.6 is 0 Å². The zero-order chi connectivity index (χ0) is 13.5. The second-order valence-corrected chi connectivity index (χ2v) is 4.42. The van der Waals surface area contributed by atoms with Gasteiger partial charge in [-0.15, -0.1) is 0 Å². The van der Waals surface area contributed by atoms with Gasteiger partial charge in [0.15, 0.2) is 0 Å². The first-order chi connectivity index (χ1) is 8.56. The fourth-order valence-electron chi connectivity index (χ4n) is 2.26. The molecule has 0 spiro atoms. The number of ether oxygens (including phenoxy) is 1. The van der Waals surface area contributed by atoms with Gasteiger partial charge < -0.3 is 20.3 Å². The molecule has 1 fully saturated rings. The van der Waals surface area contributed by atoms with E-state index in [0.29, 0.717) is 26.1 Å². The van der Waals surface area contributed by atoms with Crippen LogP contribution in [0.15, 0.2) is 0 Å². The molecule has 1 aliphatic rings. The molecule has 1 saturated heterocycles. The molecule has 18 heavy (non-hydrogen) atoms. The van der Waals surface area contributed by atoms with Crippen LogP contribution in [0.5, 0.6) is 0 Å². The van der Waals surface area contributed by atoms with Gasteiger partial charge in [-0.2, -0.15) is 0 Å². The number of hydrogen-bond donors (Lipinski definition) is 3. The van der Waals surface area contributed by atoms with E-state index in [1.807, 2.05) is 0 Å². The number of rotatable bonds is 6. The summed E-state index contributed by atoms with van der Waals surface area (Å²) in [6, 6.07) is -0.00523. The predicted molar refractivity (Wildman–Crippen MR) is 63.1 cm³/mol. The van der Waals surface area contributed by atoms with Crippen molar-refractivity contribution in [1.82, 2.24) is 10.2 Å². The van der Waals surface area contributed by atoms with E-state index in [9.17, 15) is 9.59 Å². The Bertz CT molecular complexity index is 297. The van der Waals surface area contributed by atoms with Gasteiger partial charge in [-0.1, -0.05) is 0 Å². The molecule has 1 aliphatic heterocycles. The summed E-state index contributed by atoms with van der Waals surface area (Å²) in [6.45, 7) is 1.30. The number of carboxylic acids is 1. The molecule has 0 amide bonds. The molecule has 104 valence electrons. The highest BCUT2D eigenvalue weighted by atomic mass is 16.5. The van der Waals surface area contributed by atoms with Crippen LogP contribution in [0.4, 0.5) is 0 Å². The number of carbonyl (C=O) groups is 2. The third kappa shape index (κ3) is 4.59. The molecular formula is C11H20N2O5. The van der Waals surface area contributed by atoms with E-state index in [1.54, 1.807) is 4.90 Å². The summed E-state index contributed by atoms with van der Waals surface area (Å²) in [5.41, 5.74) is 0. The summed E-state index contributed by atoms with van der Waals surface area (Å²) in [5, 5.41) is 20.7. The maximum absolute atomic E-state index is 11.5. The van der Waals surface area contributed by atoms with E-state index in [1.165, 1.54) is 7.11 Å². The summed E-state index contributed by atoms with van der Waals surface area (Å²) >= 11 is 0. The highest BCUT2D eigenvalue weighted by Gasteiger charge is 2.32. The fourth-order valence-corrected chi connectivity index (χ4v) is 2.26. The molecule has 0 bridgehead atoms. The number of methoxy groups -OCH3 is 1. The normalized spacial score (nSPS) is 24.8. The molecule has 0 aromatic carbocycles. The lowest BCUT2D eigenvalue weighted by molar-refractivity contribution is -0.149. The van der Waals surface area contributed by atoms with Crippen molar-refractivity contribution in [3.05, 3.63) is 0 Å². The lowest BCUT2D eigenvalue weighted by Gasteiger charge is -2.36. The van der Waals surface area contributed by atoms with Crippen LogP contribution in [0.2, 0.25) is 0 Å². The van der Waals surface area contributed by atoms with Crippen LogP contribution in [0.25, 0.3) is 0 Å². The Hall–Kier alpha value is -1.18. The van der Waals surface area contributed by atoms with E-state index in [2.05, 4.69) is 5.32 Å². The van der Waals surface area contributed by atoms with E-state index in [-0.39, 0.29) is 31.1 Å². The smallest absolute Gasteiger partial charge is 0.317 e. The minimum atomic E-state index is -0.915. The molecule has 1 heterocycles. The number of aliphatic hydroxyl groups excluding tert-OH is 1. The van der Waals surface area contributed by atoms with Gasteiger partial charge in [0.2, 0.25) is 0 Å². The Morgan fingerprint density at radius 2 is 2.17 bits per heavy atom. The molecule has 7 nitrogen and oxygen atoms in total. The number of esters is 1. The number of nitrogens with one attached hydrogen (secondary N) is 1. The van der Waals surface area contributed by atoms with Crippen molar-refractivity contribution in [2.75, 3.05) is 39.9 Å². The monoisotopic (exact) mass is 260 g/mol. The molecule has 0 aliphatic carbocycles. The van der Waals surface area contributed by atoms with Crippen LogP contribution < -0.4 is 5.32 Å². The summed E-state index contributed by atoms with van der Waals surface area (Å²) in [6.07, 6.45) is 0.600. The number of aliphatic carboxylic acids is 1. The Balaban J connectivity index is 2.59. The summed E-state index contributed by atoms with van der Waals surface area (Å²) in [7, 11) is 1.33. The molecule has 0 radical (unpaired) electrons. The standard InChI is InChI=1S/C11H20N2O5/c1-18-11(17)8-4-9(12-2-3-14)6-13(5-8)7-10(15)16/h8-9,12,14H,2-7H2,1H3,(H,15,16). The number of carbonyl (C=O) groups excluding carboxylic acids is 1. The maximum Gasteiger partial charge on any atom is 0.317 e. The van der Waals surface area contributed by atoms with Crippen LogP contribution in [0.3, 0.4) is 0 Å². The SMILES string of the molecule is COC(=O)C1CC(NCCO)CN(CC(=O)O)C1. The van der Waals surface area contributed by atoms with Gasteiger partial charge in [-0.25, -0.2) is 0 Å².